The monoisotopic (exact) mass is 290 g/mol. The normalized spacial score (nSPS) is 30.8. The molecule has 2 fully saturated rings. The quantitative estimate of drug-likeness (QED) is 0.850. The molecule has 2 aliphatic rings. The van der Waals surface area contributed by atoms with Crippen LogP contribution in [-0.4, -0.2) is 59.3 Å². The van der Waals surface area contributed by atoms with Crippen molar-refractivity contribution >= 4 is 5.95 Å². The van der Waals surface area contributed by atoms with Crippen molar-refractivity contribution in [3.8, 4) is 0 Å². The maximum atomic E-state index is 5.83. The number of rotatable bonds is 3. The van der Waals surface area contributed by atoms with Gasteiger partial charge in [0, 0.05) is 44.1 Å². The van der Waals surface area contributed by atoms with Crippen LogP contribution in [0.5, 0.6) is 0 Å². The number of aromatic nitrogens is 2. The molecule has 5 nitrogen and oxygen atoms in total. The summed E-state index contributed by atoms with van der Waals surface area (Å²) in [5.41, 5.74) is 1.04. The van der Waals surface area contributed by atoms with Crippen LogP contribution in [0.2, 0.25) is 0 Å². The van der Waals surface area contributed by atoms with Gasteiger partial charge in [-0.2, -0.15) is 0 Å². The maximum absolute atomic E-state index is 5.83. The van der Waals surface area contributed by atoms with E-state index in [0.29, 0.717) is 18.2 Å². The zero-order valence-electron chi connectivity index (χ0n) is 13.3. The maximum Gasteiger partial charge on any atom is 0.225 e. The Morgan fingerprint density at radius 2 is 2.05 bits per heavy atom. The Hall–Kier alpha value is -1.20. The summed E-state index contributed by atoms with van der Waals surface area (Å²) in [6, 6.07) is 2.49. The van der Waals surface area contributed by atoms with Gasteiger partial charge in [-0.15, -0.1) is 0 Å². The molecule has 3 heterocycles. The molecule has 0 bridgehead atoms. The SMILES string of the molecule is Cc1ccnc(N2CCC[C@@H]2CN2C[C@@H](C)O[C@H](C)C2)n1. The minimum atomic E-state index is 0.332. The average Bonchev–Trinajstić information content (AvgIpc) is 2.85. The number of nitrogens with zero attached hydrogens (tertiary/aromatic N) is 4. The molecule has 0 radical (unpaired) electrons. The summed E-state index contributed by atoms with van der Waals surface area (Å²) in [7, 11) is 0. The van der Waals surface area contributed by atoms with Gasteiger partial charge in [-0.1, -0.05) is 0 Å². The Labute approximate surface area is 127 Å². The highest BCUT2D eigenvalue weighted by Gasteiger charge is 2.31. The third kappa shape index (κ3) is 3.52. The van der Waals surface area contributed by atoms with Gasteiger partial charge in [-0.25, -0.2) is 9.97 Å². The summed E-state index contributed by atoms with van der Waals surface area (Å²) >= 11 is 0. The van der Waals surface area contributed by atoms with Gasteiger partial charge in [0.15, 0.2) is 0 Å². The van der Waals surface area contributed by atoms with E-state index in [4.69, 9.17) is 4.74 Å². The first kappa shape index (κ1) is 14.7. The first-order valence-electron chi connectivity index (χ1n) is 8.06. The van der Waals surface area contributed by atoms with E-state index in [1.54, 1.807) is 0 Å². The fourth-order valence-electron chi connectivity index (χ4n) is 3.59. The molecular weight excluding hydrogens is 264 g/mol. The first-order chi connectivity index (χ1) is 10.1. The van der Waals surface area contributed by atoms with Crippen molar-refractivity contribution in [3.63, 3.8) is 0 Å². The summed E-state index contributed by atoms with van der Waals surface area (Å²) < 4.78 is 5.83. The Bertz CT molecular complexity index is 471. The van der Waals surface area contributed by atoms with Crippen LogP contribution in [-0.2, 0) is 4.74 Å². The molecule has 1 aromatic rings. The molecule has 0 spiro atoms. The van der Waals surface area contributed by atoms with Crippen molar-refractivity contribution in [1.82, 2.24) is 14.9 Å². The highest BCUT2D eigenvalue weighted by molar-refractivity contribution is 5.34. The Kier molecular flexibility index (Phi) is 4.40. The van der Waals surface area contributed by atoms with Gasteiger partial charge in [-0.3, -0.25) is 4.90 Å². The lowest BCUT2D eigenvalue weighted by atomic mass is 10.1. The summed E-state index contributed by atoms with van der Waals surface area (Å²) in [6.07, 6.45) is 5.00. The van der Waals surface area contributed by atoms with Crippen molar-refractivity contribution in [3.05, 3.63) is 18.0 Å². The van der Waals surface area contributed by atoms with E-state index in [0.717, 1.165) is 37.8 Å². The number of aryl methyl sites for hydroxylation is 1. The molecule has 1 aromatic heterocycles. The molecule has 0 unspecified atom stereocenters. The summed E-state index contributed by atoms with van der Waals surface area (Å²) in [5, 5.41) is 0. The lowest BCUT2D eigenvalue weighted by Crippen LogP contribution is -2.50. The van der Waals surface area contributed by atoms with Gasteiger partial charge in [0.1, 0.15) is 0 Å². The summed E-state index contributed by atoms with van der Waals surface area (Å²) in [5.74, 6) is 0.895. The van der Waals surface area contributed by atoms with Gasteiger partial charge >= 0.3 is 0 Å². The smallest absolute Gasteiger partial charge is 0.225 e. The van der Waals surface area contributed by atoms with Gasteiger partial charge in [0.2, 0.25) is 5.95 Å². The highest BCUT2D eigenvalue weighted by atomic mass is 16.5. The lowest BCUT2D eigenvalue weighted by Gasteiger charge is -2.38. The van der Waals surface area contributed by atoms with E-state index >= 15 is 0 Å². The third-order valence-electron chi connectivity index (χ3n) is 4.38. The predicted octanol–water partition coefficient (Wildman–Crippen LogP) is 1.86. The lowest BCUT2D eigenvalue weighted by molar-refractivity contribution is -0.0690. The van der Waals surface area contributed by atoms with Crippen molar-refractivity contribution in [2.24, 2.45) is 0 Å². The van der Waals surface area contributed by atoms with Gasteiger partial charge < -0.3 is 9.64 Å². The molecule has 2 aliphatic heterocycles. The standard InChI is InChI=1S/C16H26N4O/c1-12-6-7-17-16(18-12)20-8-4-5-15(20)11-19-9-13(2)21-14(3)10-19/h6-7,13-15H,4-5,8-11H2,1-3H3/t13-,14-,15-/m1/s1. The van der Waals surface area contributed by atoms with E-state index < -0.39 is 0 Å². The number of anilines is 1. The minimum absolute atomic E-state index is 0.332. The molecule has 0 N–H and O–H groups in total. The third-order valence-corrected chi connectivity index (χ3v) is 4.38. The number of hydrogen-bond donors (Lipinski definition) is 0. The fourth-order valence-corrected chi connectivity index (χ4v) is 3.59. The van der Waals surface area contributed by atoms with E-state index in [1.165, 1.54) is 12.8 Å². The molecule has 5 heteroatoms. The number of hydrogen-bond acceptors (Lipinski definition) is 5. The van der Waals surface area contributed by atoms with Crippen LogP contribution < -0.4 is 4.90 Å². The molecular formula is C16H26N4O. The van der Waals surface area contributed by atoms with Gasteiger partial charge in [-0.05, 0) is 39.7 Å². The van der Waals surface area contributed by atoms with Crippen LogP contribution in [0, 0.1) is 6.92 Å². The zero-order chi connectivity index (χ0) is 14.8. The van der Waals surface area contributed by atoms with Gasteiger partial charge in [0.05, 0.1) is 12.2 Å². The molecule has 3 rings (SSSR count). The van der Waals surface area contributed by atoms with E-state index in [9.17, 15) is 0 Å². The molecule has 0 aliphatic carbocycles. The van der Waals surface area contributed by atoms with Crippen LogP contribution in [0.1, 0.15) is 32.4 Å². The number of morpholine rings is 1. The molecule has 2 saturated heterocycles. The largest absolute Gasteiger partial charge is 0.373 e. The molecule has 3 atom stereocenters. The van der Waals surface area contributed by atoms with Crippen LogP contribution in [0.3, 0.4) is 0 Å². The topological polar surface area (TPSA) is 41.5 Å². The average molecular weight is 290 g/mol. The second-order valence-corrected chi connectivity index (χ2v) is 6.46. The molecule has 0 amide bonds. The van der Waals surface area contributed by atoms with Crippen LogP contribution in [0.15, 0.2) is 12.3 Å². The number of ether oxygens (including phenoxy) is 1. The molecule has 0 saturated carbocycles. The van der Waals surface area contributed by atoms with Crippen molar-refractivity contribution < 1.29 is 4.74 Å². The Balaban J connectivity index is 1.67. The second kappa shape index (κ2) is 6.28. The zero-order valence-corrected chi connectivity index (χ0v) is 13.3. The fraction of sp³-hybridized carbons (Fsp3) is 0.750. The van der Waals surface area contributed by atoms with Gasteiger partial charge in [0.25, 0.3) is 0 Å². The van der Waals surface area contributed by atoms with Crippen molar-refractivity contribution in [2.75, 3.05) is 31.1 Å². The van der Waals surface area contributed by atoms with Crippen molar-refractivity contribution in [2.45, 2.75) is 51.9 Å². The van der Waals surface area contributed by atoms with E-state index in [2.05, 4.69) is 33.6 Å². The highest BCUT2D eigenvalue weighted by Crippen LogP contribution is 2.24. The van der Waals surface area contributed by atoms with Crippen LogP contribution in [0.25, 0.3) is 0 Å². The molecule has 116 valence electrons. The van der Waals surface area contributed by atoms with E-state index in [1.807, 2.05) is 19.2 Å². The van der Waals surface area contributed by atoms with Crippen LogP contribution in [0.4, 0.5) is 5.95 Å². The van der Waals surface area contributed by atoms with Crippen LogP contribution >= 0.6 is 0 Å². The summed E-state index contributed by atoms with van der Waals surface area (Å²) in [4.78, 5) is 14.0. The molecule has 21 heavy (non-hydrogen) atoms. The Morgan fingerprint density at radius 1 is 1.29 bits per heavy atom. The van der Waals surface area contributed by atoms with E-state index in [-0.39, 0.29) is 0 Å². The predicted molar refractivity (Wildman–Crippen MR) is 83.6 cm³/mol. The Morgan fingerprint density at radius 3 is 2.76 bits per heavy atom. The molecule has 0 aromatic carbocycles. The first-order valence-corrected chi connectivity index (χ1v) is 8.06. The summed E-state index contributed by atoms with van der Waals surface area (Å²) in [6.45, 7) is 10.6. The van der Waals surface area contributed by atoms with Crippen molar-refractivity contribution in [1.29, 1.82) is 0 Å². The minimum Gasteiger partial charge on any atom is -0.373 e. The second-order valence-electron chi connectivity index (χ2n) is 6.46.